The molecule has 1 aromatic heterocycles. The van der Waals surface area contributed by atoms with Gasteiger partial charge >= 0.3 is 0 Å². The van der Waals surface area contributed by atoms with E-state index in [-0.39, 0.29) is 0 Å². The molecule has 0 spiro atoms. The summed E-state index contributed by atoms with van der Waals surface area (Å²) in [6, 6.07) is 9.36. The Kier molecular flexibility index (Phi) is 4.38. The first-order valence-electron chi connectivity index (χ1n) is 6.74. The zero-order chi connectivity index (χ0) is 14.0. The molecule has 0 fully saturated rings. The molecule has 102 valence electrons. The van der Waals surface area contributed by atoms with Crippen LogP contribution >= 0.6 is 11.3 Å². The van der Waals surface area contributed by atoms with E-state index in [2.05, 4.69) is 69.2 Å². The predicted molar refractivity (Wildman–Crippen MR) is 82.7 cm³/mol. The highest BCUT2D eigenvalue weighted by Crippen LogP contribution is 2.27. The van der Waals surface area contributed by atoms with Gasteiger partial charge in [-0.3, -0.25) is 0 Å². The minimum absolute atomic E-state index is 0.335. The maximum absolute atomic E-state index is 4.50. The molecule has 0 aliphatic rings. The van der Waals surface area contributed by atoms with Crippen LogP contribution in [0.25, 0.3) is 0 Å². The Hall–Kier alpha value is -1.19. The van der Waals surface area contributed by atoms with Gasteiger partial charge in [-0.2, -0.15) is 0 Å². The SMILES string of the molecule is Cc1cccc([C@@H](C)NC(C)c2sc(C)nc2C)c1. The Labute approximate surface area is 119 Å². The first-order valence-corrected chi connectivity index (χ1v) is 7.55. The van der Waals surface area contributed by atoms with Crippen molar-refractivity contribution >= 4 is 11.3 Å². The molecule has 0 aliphatic heterocycles. The van der Waals surface area contributed by atoms with Crippen molar-refractivity contribution in [3.63, 3.8) is 0 Å². The number of rotatable bonds is 4. The summed E-state index contributed by atoms with van der Waals surface area (Å²) >= 11 is 1.79. The van der Waals surface area contributed by atoms with Crippen LogP contribution in [0.1, 0.15) is 52.6 Å². The Morgan fingerprint density at radius 2 is 1.84 bits per heavy atom. The standard InChI is InChI=1S/C16H22N2S/c1-10-7-6-8-15(9-10)11(2)17-12(3)16-13(4)18-14(5)19-16/h6-9,11-12,17H,1-5H3/t11-,12?/m1/s1. The van der Waals surface area contributed by atoms with Crippen molar-refractivity contribution in [2.45, 2.75) is 46.7 Å². The lowest BCUT2D eigenvalue weighted by Crippen LogP contribution is -2.22. The summed E-state index contributed by atoms with van der Waals surface area (Å²) in [6.45, 7) is 10.7. The largest absolute Gasteiger partial charge is 0.303 e. The predicted octanol–water partition coefficient (Wildman–Crippen LogP) is 4.48. The molecule has 0 radical (unpaired) electrons. The highest BCUT2D eigenvalue weighted by atomic mass is 32.1. The topological polar surface area (TPSA) is 24.9 Å². The molecule has 2 rings (SSSR count). The van der Waals surface area contributed by atoms with Crippen molar-refractivity contribution in [1.29, 1.82) is 0 Å². The van der Waals surface area contributed by atoms with Gasteiger partial charge in [-0.25, -0.2) is 4.98 Å². The third-order valence-corrected chi connectivity index (χ3v) is 4.63. The summed E-state index contributed by atoms with van der Waals surface area (Å²) in [6.07, 6.45) is 0. The Morgan fingerprint density at radius 1 is 1.11 bits per heavy atom. The van der Waals surface area contributed by atoms with Crippen LogP contribution in [0.4, 0.5) is 0 Å². The van der Waals surface area contributed by atoms with Gasteiger partial charge in [0.15, 0.2) is 0 Å². The van der Waals surface area contributed by atoms with Gasteiger partial charge < -0.3 is 5.32 Å². The van der Waals surface area contributed by atoms with Gasteiger partial charge in [-0.05, 0) is 40.2 Å². The number of benzene rings is 1. The van der Waals surface area contributed by atoms with Gasteiger partial charge in [0, 0.05) is 17.0 Å². The van der Waals surface area contributed by atoms with Crippen LogP contribution in [-0.2, 0) is 0 Å². The average Bonchev–Trinajstić information content (AvgIpc) is 2.68. The van der Waals surface area contributed by atoms with Crippen LogP contribution < -0.4 is 5.32 Å². The van der Waals surface area contributed by atoms with Crippen molar-refractivity contribution in [3.8, 4) is 0 Å². The monoisotopic (exact) mass is 274 g/mol. The second-order valence-electron chi connectivity index (χ2n) is 5.21. The van der Waals surface area contributed by atoms with Crippen molar-refractivity contribution in [1.82, 2.24) is 10.3 Å². The third kappa shape index (κ3) is 3.43. The van der Waals surface area contributed by atoms with E-state index in [4.69, 9.17) is 0 Å². The second kappa shape index (κ2) is 5.85. The molecule has 2 atom stereocenters. The molecule has 0 aliphatic carbocycles. The fourth-order valence-corrected chi connectivity index (χ4v) is 3.37. The summed E-state index contributed by atoms with van der Waals surface area (Å²) < 4.78 is 0. The molecule has 0 amide bonds. The van der Waals surface area contributed by atoms with Crippen LogP contribution in [0.5, 0.6) is 0 Å². The van der Waals surface area contributed by atoms with Gasteiger partial charge in [0.2, 0.25) is 0 Å². The zero-order valence-electron chi connectivity index (χ0n) is 12.3. The first kappa shape index (κ1) is 14.2. The van der Waals surface area contributed by atoms with Crippen molar-refractivity contribution < 1.29 is 0 Å². The van der Waals surface area contributed by atoms with Gasteiger partial charge in [-0.1, -0.05) is 29.8 Å². The van der Waals surface area contributed by atoms with Crippen molar-refractivity contribution in [2.24, 2.45) is 0 Å². The molecule has 19 heavy (non-hydrogen) atoms. The minimum atomic E-state index is 0.335. The number of aromatic nitrogens is 1. The smallest absolute Gasteiger partial charge is 0.0900 e. The second-order valence-corrected chi connectivity index (χ2v) is 6.44. The van der Waals surface area contributed by atoms with E-state index in [0.29, 0.717) is 12.1 Å². The zero-order valence-corrected chi connectivity index (χ0v) is 13.1. The van der Waals surface area contributed by atoms with Gasteiger partial charge in [0.25, 0.3) is 0 Å². The summed E-state index contributed by atoms with van der Waals surface area (Å²) in [5.41, 5.74) is 3.80. The molecule has 0 bridgehead atoms. The fourth-order valence-electron chi connectivity index (χ4n) is 2.44. The fraction of sp³-hybridized carbons (Fsp3) is 0.438. The highest BCUT2D eigenvalue weighted by Gasteiger charge is 2.15. The van der Waals surface area contributed by atoms with E-state index in [9.17, 15) is 0 Å². The number of hydrogen-bond donors (Lipinski definition) is 1. The van der Waals surface area contributed by atoms with E-state index in [1.807, 2.05) is 0 Å². The van der Waals surface area contributed by atoms with Gasteiger partial charge in [-0.15, -0.1) is 11.3 Å². The van der Waals surface area contributed by atoms with Gasteiger partial charge in [0.1, 0.15) is 0 Å². The summed E-state index contributed by atoms with van der Waals surface area (Å²) in [4.78, 5) is 5.85. The first-order chi connectivity index (χ1) is 8.97. The number of aryl methyl sites for hydroxylation is 3. The van der Waals surface area contributed by atoms with Crippen LogP contribution in [0.2, 0.25) is 0 Å². The van der Waals surface area contributed by atoms with Crippen LogP contribution in [0.15, 0.2) is 24.3 Å². The lowest BCUT2D eigenvalue weighted by atomic mass is 10.0. The van der Waals surface area contributed by atoms with Crippen LogP contribution in [0, 0.1) is 20.8 Å². The molecule has 3 heteroatoms. The highest BCUT2D eigenvalue weighted by molar-refractivity contribution is 7.11. The molecule has 1 heterocycles. The molecule has 2 nitrogen and oxygen atoms in total. The summed E-state index contributed by atoms with van der Waals surface area (Å²) in [5, 5.41) is 4.81. The van der Waals surface area contributed by atoms with E-state index >= 15 is 0 Å². The summed E-state index contributed by atoms with van der Waals surface area (Å²) in [7, 11) is 0. The molecule has 0 saturated carbocycles. The molecule has 1 N–H and O–H groups in total. The van der Waals surface area contributed by atoms with Crippen LogP contribution in [-0.4, -0.2) is 4.98 Å². The average molecular weight is 274 g/mol. The number of thiazole rings is 1. The van der Waals surface area contributed by atoms with Gasteiger partial charge in [0.05, 0.1) is 10.7 Å². The molecule has 1 aromatic carbocycles. The lowest BCUT2D eigenvalue weighted by molar-refractivity contribution is 0.498. The van der Waals surface area contributed by atoms with Crippen molar-refractivity contribution in [2.75, 3.05) is 0 Å². The van der Waals surface area contributed by atoms with E-state index in [0.717, 1.165) is 10.7 Å². The van der Waals surface area contributed by atoms with Crippen LogP contribution in [0.3, 0.4) is 0 Å². The molecule has 2 aromatic rings. The quantitative estimate of drug-likeness (QED) is 0.889. The number of nitrogens with zero attached hydrogens (tertiary/aromatic N) is 1. The Balaban J connectivity index is 2.10. The maximum Gasteiger partial charge on any atom is 0.0900 e. The van der Waals surface area contributed by atoms with Crippen molar-refractivity contribution in [3.05, 3.63) is 51.0 Å². The van der Waals surface area contributed by atoms with E-state index < -0.39 is 0 Å². The van der Waals surface area contributed by atoms with E-state index in [1.54, 1.807) is 11.3 Å². The minimum Gasteiger partial charge on any atom is -0.303 e. The Morgan fingerprint density at radius 3 is 2.42 bits per heavy atom. The maximum atomic E-state index is 4.50. The third-order valence-electron chi connectivity index (χ3n) is 3.37. The lowest BCUT2D eigenvalue weighted by Gasteiger charge is -2.20. The molecular weight excluding hydrogens is 252 g/mol. The molecule has 1 unspecified atom stereocenters. The Bertz CT molecular complexity index is 560. The normalized spacial score (nSPS) is 14.4. The number of hydrogen-bond acceptors (Lipinski definition) is 3. The molecular formula is C16H22N2S. The molecule has 0 saturated heterocycles. The summed E-state index contributed by atoms with van der Waals surface area (Å²) in [5.74, 6) is 0. The van der Waals surface area contributed by atoms with E-state index in [1.165, 1.54) is 16.0 Å². The number of nitrogens with one attached hydrogen (secondary N) is 1.